The van der Waals surface area contributed by atoms with Crippen LogP contribution in [0.4, 0.5) is 11.4 Å². The zero-order valence-corrected chi connectivity index (χ0v) is 10.5. The number of anilines is 2. The quantitative estimate of drug-likeness (QED) is 0.645. The molecule has 0 radical (unpaired) electrons. The zero-order valence-electron chi connectivity index (χ0n) is 9.77. The monoisotopic (exact) mass is 261 g/mol. The average molecular weight is 262 g/mol. The smallest absolute Gasteiger partial charge is 0.255 e. The highest BCUT2D eigenvalue weighted by molar-refractivity contribution is 6.32. The predicted octanol–water partition coefficient (Wildman–Crippen LogP) is 2.88. The summed E-state index contributed by atoms with van der Waals surface area (Å²) >= 11 is 5.94. The van der Waals surface area contributed by atoms with E-state index < -0.39 is 0 Å². The molecule has 0 aliphatic rings. The van der Waals surface area contributed by atoms with Gasteiger partial charge in [-0.15, -0.1) is 0 Å². The molecular weight excluding hydrogens is 250 g/mol. The molecule has 1 amide bonds. The Hall–Kier alpha value is -2.07. The van der Waals surface area contributed by atoms with Gasteiger partial charge in [0, 0.05) is 17.4 Å². The number of halogens is 1. The van der Waals surface area contributed by atoms with Crippen LogP contribution in [-0.4, -0.2) is 10.9 Å². The normalized spacial score (nSPS) is 10.1. The number of aryl methyl sites for hydroxylation is 1. The van der Waals surface area contributed by atoms with Gasteiger partial charge in [0.1, 0.15) is 0 Å². The number of benzene rings is 1. The number of nitrogens with one attached hydrogen (secondary N) is 1. The number of pyridine rings is 1. The summed E-state index contributed by atoms with van der Waals surface area (Å²) in [7, 11) is 0. The Labute approximate surface area is 110 Å². The van der Waals surface area contributed by atoms with E-state index in [0.717, 1.165) is 5.56 Å². The van der Waals surface area contributed by atoms with Crippen LogP contribution >= 0.6 is 11.6 Å². The summed E-state index contributed by atoms with van der Waals surface area (Å²) in [6, 6.07) is 8.52. The van der Waals surface area contributed by atoms with Gasteiger partial charge in [-0.3, -0.25) is 4.79 Å². The SMILES string of the molecule is Cc1ccnc(Cl)c1NC(=O)c1cccc(N)c1. The molecule has 0 aliphatic carbocycles. The van der Waals surface area contributed by atoms with Gasteiger partial charge in [-0.1, -0.05) is 17.7 Å². The van der Waals surface area contributed by atoms with Crippen LogP contribution in [0.3, 0.4) is 0 Å². The first-order valence-electron chi connectivity index (χ1n) is 5.36. The third-order valence-electron chi connectivity index (χ3n) is 2.50. The highest BCUT2D eigenvalue weighted by Crippen LogP contribution is 2.23. The number of hydrogen-bond donors (Lipinski definition) is 2. The van der Waals surface area contributed by atoms with Crippen molar-refractivity contribution in [2.75, 3.05) is 11.1 Å². The molecule has 1 aromatic heterocycles. The van der Waals surface area contributed by atoms with Gasteiger partial charge in [-0.2, -0.15) is 0 Å². The first kappa shape index (κ1) is 12.4. The minimum Gasteiger partial charge on any atom is -0.399 e. The van der Waals surface area contributed by atoms with E-state index in [0.29, 0.717) is 16.9 Å². The molecule has 0 fully saturated rings. The second kappa shape index (κ2) is 5.06. The first-order valence-corrected chi connectivity index (χ1v) is 5.73. The minimum absolute atomic E-state index is 0.264. The third kappa shape index (κ3) is 2.60. The summed E-state index contributed by atoms with van der Waals surface area (Å²) in [5.74, 6) is -0.264. The Morgan fingerprint density at radius 3 is 2.83 bits per heavy atom. The van der Waals surface area contributed by atoms with E-state index in [1.807, 2.05) is 6.92 Å². The fraction of sp³-hybridized carbons (Fsp3) is 0.0769. The highest BCUT2D eigenvalue weighted by Gasteiger charge is 2.11. The maximum Gasteiger partial charge on any atom is 0.255 e. The highest BCUT2D eigenvalue weighted by atomic mass is 35.5. The zero-order chi connectivity index (χ0) is 13.1. The van der Waals surface area contributed by atoms with Crippen molar-refractivity contribution in [2.24, 2.45) is 0 Å². The molecule has 1 aromatic carbocycles. The molecule has 1 heterocycles. The largest absolute Gasteiger partial charge is 0.399 e. The first-order chi connectivity index (χ1) is 8.58. The molecule has 18 heavy (non-hydrogen) atoms. The Morgan fingerprint density at radius 1 is 1.39 bits per heavy atom. The lowest BCUT2D eigenvalue weighted by Crippen LogP contribution is -2.13. The van der Waals surface area contributed by atoms with E-state index in [1.165, 1.54) is 0 Å². The van der Waals surface area contributed by atoms with Crippen LogP contribution in [-0.2, 0) is 0 Å². The Kier molecular flexibility index (Phi) is 3.48. The van der Waals surface area contributed by atoms with Crippen LogP contribution in [0.25, 0.3) is 0 Å². The van der Waals surface area contributed by atoms with Gasteiger partial charge in [0.2, 0.25) is 0 Å². The van der Waals surface area contributed by atoms with Crippen LogP contribution < -0.4 is 11.1 Å². The maximum atomic E-state index is 12.0. The van der Waals surface area contributed by atoms with Gasteiger partial charge in [-0.25, -0.2) is 4.98 Å². The molecule has 3 N–H and O–H groups in total. The number of hydrogen-bond acceptors (Lipinski definition) is 3. The lowest BCUT2D eigenvalue weighted by atomic mass is 10.2. The summed E-state index contributed by atoms with van der Waals surface area (Å²) in [5, 5.41) is 3.00. The van der Waals surface area contributed by atoms with Crippen molar-refractivity contribution < 1.29 is 4.79 Å². The Bertz CT molecular complexity index is 578. The topological polar surface area (TPSA) is 68.0 Å². The lowest BCUT2D eigenvalue weighted by Gasteiger charge is -2.09. The number of nitrogen functional groups attached to an aromatic ring is 1. The number of amides is 1. The van der Waals surface area contributed by atoms with Gasteiger partial charge in [0.25, 0.3) is 5.91 Å². The standard InChI is InChI=1S/C13H12ClN3O/c1-8-5-6-16-12(14)11(8)17-13(18)9-3-2-4-10(15)7-9/h2-7H,15H2,1H3,(H,17,18). The molecular formula is C13H12ClN3O. The van der Waals surface area contributed by atoms with E-state index >= 15 is 0 Å². The molecule has 2 rings (SSSR count). The van der Waals surface area contributed by atoms with Gasteiger partial charge in [0.05, 0.1) is 5.69 Å². The van der Waals surface area contributed by atoms with Gasteiger partial charge < -0.3 is 11.1 Å². The number of rotatable bonds is 2. The molecule has 0 atom stereocenters. The fourth-order valence-electron chi connectivity index (χ4n) is 1.54. The molecule has 5 heteroatoms. The van der Waals surface area contributed by atoms with E-state index in [4.69, 9.17) is 17.3 Å². The van der Waals surface area contributed by atoms with E-state index in [1.54, 1.807) is 36.5 Å². The summed E-state index contributed by atoms with van der Waals surface area (Å²) in [6.07, 6.45) is 1.59. The van der Waals surface area contributed by atoms with Crippen LogP contribution in [0.5, 0.6) is 0 Å². The van der Waals surface area contributed by atoms with Gasteiger partial charge in [0.15, 0.2) is 5.15 Å². The maximum absolute atomic E-state index is 12.0. The molecule has 4 nitrogen and oxygen atoms in total. The van der Waals surface area contributed by atoms with Crippen LogP contribution in [0.15, 0.2) is 36.5 Å². The fourth-order valence-corrected chi connectivity index (χ4v) is 1.79. The molecule has 0 spiro atoms. The van der Waals surface area contributed by atoms with Crippen molar-refractivity contribution in [3.8, 4) is 0 Å². The second-order valence-electron chi connectivity index (χ2n) is 3.87. The lowest BCUT2D eigenvalue weighted by molar-refractivity contribution is 0.102. The average Bonchev–Trinajstić information content (AvgIpc) is 2.34. The summed E-state index contributed by atoms with van der Waals surface area (Å²) in [6.45, 7) is 1.85. The molecule has 0 unspecified atom stereocenters. The van der Waals surface area contributed by atoms with Crippen molar-refractivity contribution in [3.05, 3.63) is 52.8 Å². The van der Waals surface area contributed by atoms with Crippen LogP contribution in [0.2, 0.25) is 5.15 Å². The molecule has 0 aliphatic heterocycles. The Morgan fingerprint density at radius 2 is 2.17 bits per heavy atom. The molecule has 0 saturated heterocycles. The van der Waals surface area contributed by atoms with Crippen molar-refractivity contribution in [1.29, 1.82) is 0 Å². The van der Waals surface area contributed by atoms with Crippen molar-refractivity contribution in [3.63, 3.8) is 0 Å². The van der Waals surface area contributed by atoms with Crippen molar-refractivity contribution in [2.45, 2.75) is 6.92 Å². The molecule has 92 valence electrons. The minimum atomic E-state index is -0.264. The molecule has 2 aromatic rings. The number of nitrogens with two attached hydrogens (primary N) is 1. The summed E-state index contributed by atoms with van der Waals surface area (Å²) < 4.78 is 0. The predicted molar refractivity (Wildman–Crippen MR) is 72.8 cm³/mol. The number of carbonyl (C=O) groups is 1. The molecule has 0 saturated carbocycles. The Balaban J connectivity index is 2.27. The third-order valence-corrected chi connectivity index (χ3v) is 2.79. The van der Waals surface area contributed by atoms with Crippen LogP contribution in [0, 0.1) is 6.92 Å². The van der Waals surface area contributed by atoms with Crippen molar-refractivity contribution >= 4 is 28.9 Å². The number of carbonyl (C=O) groups excluding carboxylic acids is 1. The van der Waals surface area contributed by atoms with E-state index in [-0.39, 0.29) is 11.1 Å². The summed E-state index contributed by atoms with van der Waals surface area (Å²) in [4.78, 5) is 15.9. The molecule has 0 bridgehead atoms. The summed E-state index contributed by atoms with van der Waals surface area (Å²) in [5.41, 5.74) is 8.02. The number of aromatic nitrogens is 1. The van der Waals surface area contributed by atoms with Gasteiger partial charge in [-0.05, 0) is 36.8 Å². The second-order valence-corrected chi connectivity index (χ2v) is 4.23. The van der Waals surface area contributed by atoms with Crippen molar-refractivity contribution in [1.82, 2.24) is 4.98 Å². The van der Waals surface area contributed by atoms with E-state index in [2.05, 4.69) is 10.3 Å². The van der Waals surface area contributed by atoms with E-state index in [9.17, 15) is 4.79 Å². The van der Waals surface area contributed by atoms with Crippen LogP contribution in [0.1, 0.15) is 15.9 Å². The van der Waals surface area contributed by atoms with Gasteiger partial charge >= 0.3 is 0 Å². The number of nitrogens with zero attached hydrogens (tertiary/aromatic N) is 1.